The molecule has 0 saturated heterocycles. The molecular formula is C20H20N2S. The molecule has 0 atom stereocenters. The van der Waals surface area contributed by atoms with Gasteiger partial charge in [-0.3, -0.25) is 0 Å². The van der Waals surface area contributed by atoms with E-state index in [1.807, 2.05) is 6.92 Å². The van der Waals surface area contributed by atoms with Crippen molar-refractivity contribution in [1.29, 1.82) is 0 Å². The summed E-state index contributed by atoms with van der Waals surface area (Å²) in [5.74, 6) is 1.72. The van der Waals surface area contributed by atoms with E-state index in [9.17, 15) is 0 Å². The molecule has 2 nitrogen and oxygen atoms in total. The highest BCUT2D eigenvalue weighted by molar-refractivity contribution is 7.98. The molecule has 0 amide bonds. The van der Waals surface area contributed by atoms with Crippen molar-refractivity contribution in [2.45, 2.75) is 31.6 Å². The first-order valence-electron chi connectivity index (χ1n) is 7.71. The van der Waals surface area contributed by atoms with Crippen molar-refractivity contribution in [1.82, 2.24) is 9.97 Å². The summed E-state index contributed by atoms with van der Waals surface area (Å²) in [5, 5.41) is 1.02. The Morgan fingerprint density at radius 3 is 2.04 bits per heavy atom. The molecule has 0 bridgehead atoms. The number of aryl methyl sites for hydroxylation is 3. The maximum absolute atomic E-state index is 4.72. The van der Waals surface area contributed by atoms with E-state index in [1.54, 1.807) is 11.8 Å². The summed E-state index contributed by atoms with van der Waals surface area (Å²) in [6.45, 7) is 6.22. The summed E-state index contributed by atoms with van der Waals surface area (Å²) in [6, 6.07) is 19.1. The van der Waals surface area contributed by atoms with Crippen LogP contribution < -0.4 is 0 Å². The lowest BCUT2D eigenvalue weighted by molar-refractivity contribution is 1.02. The van der Waals surface area contributed by atoms with Gasteiger partial charge in [0.1, 0.15) is 5.03 Å². The van der Waals surface area contributed by atoms with E-state index >= 15 is 0 Å². The minimum absolute atomic E-state index is 0.802. The number of aromatic nitrogens is 2. The molecule has 2 aromatic carbocycles. The summed E-state index contributed by atoms with van der Waals surface area (Å²) in [7, 11) is 0. The maximum Gasteiger partial charge on any atom is 0.160 e. The molecule has 3 aromatic rings. The third-order valence-corrected chi connectivity index (χ3v) is 4.63. The average molecular weight is 320 g/mol. The van der Waals surface area contributed by atoms with Gasteiger partial charge in [0.25, 0.3) is 0 Å². The number of benzene rings is 2. The highest BCUT2D eigenvalue weighted by atomic mass is 32.2. The van der Waals surface area contributed by atoms with Crippen molar-refractivity contribution in [3.05, 3.63) is 77.0 Å². The Morgan fingerprint density at radius 2 is 1.39 bits per heavy atom. The normalized spacial score (nSPS) is 10.7. The Bertz CT molecular complexity index is 793. The fourth-order valence-corrected chi connectivity index (χ4v) is 3.20. The van der Waals surface area contributed by atoms with Gasteiger partial charge in [-0.15, -0.1) is 11.8 Å². The summed E-state index contributed by atoms with van der Waals surface area (Å²) in [4.78, 5) is 9.29. The Kier molecular flexibility index (Phi) is 4.77. The van der Waals surface area contributed by atoms with Gasteiger partial charge in [-0.25, -0.2) is 9.97 Å². The summed E-state index contributed by atoms with van der Waals surface area (Å²) in [5.41, 5.74) is 5.92. The number of hydrogen-bond donors (Lipinski definition) is 0. The van der Waals surface area contributed by atoms with E-state index in [1.165, 1.54) is 16.7 Å². The third-order valence-electron chi connectivity index (χ3n) is 3.65. The van der Waals surface area contributed by atoms with Gasteiger partial charge in [0, 0.05) is 17.0 Å². The second kappa shape index (κ2) is 6.97. The van der Waals surface area contributed by atoms with Crippen molar-refractivity contribution >= 4 is 11.8 Å². The number of thioether (sulfide) groups is 1. The fraction of sp³-hybridized carbons (Fsp3) is 0.200. The van der Waals surface area contributed by atoms with Crippen LogP contribution in [0.4, 0.5) is 0 Å². The molecule has 0 spiro atoms. The largest absolute Gasteiger partial charge is 0.233 e. The van der Waals surface area contributed by atoms with Crippen molar-refractivity contribution in [3.63, 3.8) is 0 Å². The van der Waals surface area contributed by atoms with Crippen molar-refractivity contribution in [2.75, 3.05) is 0 Å². The van der Waals surface area contributed by atoms with Crippen LogP contribution in [-0.4, -0.2) is 9.97 Å². The van der Waals surface area contributed by atoms with Crippen LogP contribution in [0.1, 0.15) is 22.4 Å². The van der Waals surface area contributed by atoms with Crippen LogP contribution in [-0.2, 0) is 5.75 Å². The maximum atomic E-state index is 4.72. The molecule has 0 N–H and O–H groups in total. The molecule has 0 radical (unpaired) electrons. The quantitative estimate of drug-likeness (QED) is 0.478. The predicted octanol–water partition coefficient (Wildman–Crippen LogP) is 5.36. The fourth-order valence-electron chi connectivity index (χ4n) is 2.29. The Hall–Kier alpha value is -2.13. The topological polar surface area (TPSA) is 25.8 Å². The Labute approximate surface area is 142 Å². The van der Waals surface area contributed by atoms with Crippen LogP contribution >= 0.6 is 11.8 Å². The molecule has 0 aliphatic heterocycles. The molecule has 0 saturated carbocycles. The molecule has 23 heavy (non-hydrogen) atoms. The lowest BCUT2D eigenvalue weighted by Crippen LogP contribution is -1.94. The zero-order chi connectivity index (χ0) is 16.2. The Morgan fingerprint density at radius 1 is 0.783 bits per heavy atom. The predicted molar refractivity (Wildman–Crippen MR) is 97.7 cm³/mol. The molecule has 1 heterocycles. The van der Waals surface area contributed by atoms with Gasteiger partial charge in [0.2, 0.25) is 0 Å². The molecule has 0 aliphatic carbocycles. The van der Waals surface area contributed by atoms with E-state index in [4.69, 9.17) is 4.98 Å². The van der Waals surface area contributed by atoms with Crippen molar-refractivity contribution in [2.24, 2.45) is 0 Å². The van der Waals surface area contributed by atoms with Crippen LogP contribution in [0.2, 0.25) is 0 Å². The van der Waals surface area contributed by atoms with Crippen LogP contribution in [0.5, 0.6) is 0 Å². The van der Waals surface area contributed by atoms with Crippen molar-refractivity contribution in [3.8, 4) is 11.4 Å². The summed E-state index contributed by atoms with van der Waals surface area (Å²) >= 11 is 1.75. The second-order valence-electron chi connectivity index (χ2n) is 5.81. The third kappa shape index (κ3) is 4.20. The SMILES string of the molecule is Cc1ccc(CSc2cc(C)nc(-c3ccc(C)cc3)n2)cc1. The smallest absolute Gasteiger partial charge is 0.160 e. The number of rotatable bonds is 4. The minimum Gasteiger partial charge on any atom is -0.233 e. The van der Waals surface area contributed by atoms with Gasteiger partial charge in [-0.2, -0.15) is 0 Å². The molecule has 3 heteroatoms. The van der Waals surface area contributed by atoms with Gasteiger partial charge in [-0.05, 0) is 32.4 Å². The molecule has 1 aromatic heterocycles. The van der Waals surface area contributed by atoms with Crippen LogP contribution in [0.25, 0.3) is 11.4 Å². The molecule has 116 valence electrons. The van der Waals surface area contributed by atoms with Gasteiger partial charge in [0.15, 0.2) is 5.82 Å². The standard InChI is InChI=1S/C20H20N2S/c1-14-4-8-17(9-5-14)13-23-19-12-16(3)21-20(22-19)18-10-6-15(2)7-11-18/h4-12H,13H2,1-3H3. The molecule has 3 rings (SSSR count). The zero-order valence-electron chi connectivity index (χ0n) is 13.7. The number of hydrogen-bond acceptors (Lipinski definition) is 3. The molecular weight excluding hydrogens is 300 g/mol. The molecule has 0 aliphatic rings. The van der Waals surface area contributed by atoms with E-state index in [2.05, 4.69) is 73.4 Å². The Balaban J connectivity index is 1.80. The second-order valence-corrected chi connectivity index (χ2v) is 6.81. The lowest BCUT2D eigenvalue weighted by Gasteiger charge is -2.07. The van der Waals surface area contributed by atoms with Crippen LogP contribution in [0, 0.1) is 20.8 Å². The summed E-state index contributed by atoms with van der Waals surface area (Å²) < 4.78 is 0. The first-order valence-corrected chi connectivity index (χ1v) is 8.70. The van der Waals surface area contributed by atoms with Gasteiger partial charge < -0.3 is 0 Å². The monoisotopic (exact) mass is 320 g/mol. The van der Waals surface area contributed by atoms with Crippen molar-refractivity contribution < 1.29 is 0 Å². The average Bonchev–Trinajstić information content (AvgIpc) is 2.54. The highest BCUT2D eigenvalue weighted by Crippen LogP contribution is 2.24. The zero-order valence-corrected chi connectivity index (χ0v) is 14.5. The van der Waals surface area contributed by atoms with Gasteiger partial charge in [-0.1, -0.05) is 59.7 Å². The van der Waals surface area contributed by atoms with E-state index in [0.717, 1.165) is 27.9 Å². The van der Waals surface area contributed by atoms with Gasteiger partial charge in [0.05, 0.1) is 0 Å². The molecule has 0 fully saturated rings. The summed E-state index contributed by atoms with van der Waals surface area (Å²) in [6.07, 6.45) is 0. The van der Waals surface area contributed by atoms with Crippen LogP contribution in [0.15, 0.2) is 59.6 Å². The van der Waals surface area contributed by atoms with E-state index in [0.29, 0.717) is 0 Å². The highest BCUT2D eigenvalue weighted by Gasteiger charge is 2.06. The van der Waals surface area contributed by atoms with Crippen LogP contribution in [0.3, 0.4) is 0 Å². The first kappa shape index (κ1) is 15.8. The first-order chi connectivity index (χ1) is 11.1. The van der Waals surface area contributed by atoms with E-state index in [-0.39, 0.29) is 0 Å². The number of nitrogens with zero attached hydrogens (tertiary/aromatic N) is 2. The minimum atomic E-state index is 0.802. The van der Waals surface area contributed by atoms with Gasteiger partial charge >= 0.3 is 0 Å². The molecule has 0 unspecified atom stereocenters. The lowest BCUT2D eigenvalue weighted by atomic mass is 10.1. The van der Waals surface area contributed by atoms with E-state index < -0.39 is 0 Å².